The van der Waals surface area contributed by atoms with Crippen LogP contribution in [0.1, 0.15) is 6.42 Å². The summed E-state index contributed by atoms with van der Waals surface area (Å²) in [6.45, 7) is 1.76. The molecule has 0 radical (unpaired) electrons. The molecule has 2 rings (SSSR count). The van der Waals surface area contributed by atoms with Crippen LogP contribution in [0, 0.1) is 0 Å². The molecule has 0 aliphatic carbocycles. The standard InChI is InChI=1S/C15H22N3/c1-18(2,11-5-10-16)15-9-4-6-12-13(15)7-3-8-14(12)17/h3-4,6-9H,5,10-11,16-17H2,1-2H3/q+1. The van der Waals surface area contributed by atoms with Crippen LogP contribution in [0.3, 0.4) is 0 Å². The molecule has 3 nitrogen and oxygen atoms in total. The fourth-order valence-electron chi connectivity index (χ4n) is 2.45. The van der Waals surface area contributed by atoms with Gasteiger partial charge in [0.2, 0.25) is 0 Å². The Morgan fingerprint density at radius 1 is 1.00 bits per heavy atom. The van der Waals surface area contributed by atoms with Crippen molar-refractivity contribution in [2.24, 2.45) is 5.73 Å². The number of hydrogen-bond acceptors (Lipinski definition) is 2. The summed E-state index contributed by atoms with van der Waals surface area (Å²) in [4.78, 5) is 0. The van der Waals surface area contributed by atoms with Crippen molar-refractivity contribution >= 4 is 22.1 Å². The van der Waals surface area contributed by atoms with Gasteiger partial charge in [0.15, 0.2) is 0 Å². The van der Waals surface area contributed by atoms with Gasteiger partial charge in [-0.05, 0) is 24.7 Å². The Kier molecular flexibility index (Phi) is 3.55. The fourth-order valence-corrected chi connectivity index (χ4v) is 2.45. The third-order valence-electron chi connectivity index (χ3n) is 3.51. The van der Waals surface area contributed by atoms with Crippen molar-refractivity contribution in [2.75, 3.05) is 32.9 Å². The highest BCUT2D eigenvalue weighted by atomic mass is 15.3. The third kappa shape index (κ3) is 2.33. The van der Waals surface area contributed by atoms with E-state index in [0.29, 0.717) is 0 Å². The minimum absolute atomic E-state index is 0.731. The summed E-state index contributed by atoms with van der Waals surface area (Å²) in [7, 11) is 4.43. The summed E-state index contributed by atoms with van der Waals surface area (Å²) in [6.07, 6.45) is 1.02. The predicted molar refractivity (Wildman–Crippen MR) is 80.5 cm³/mol. The zero-order valence-electron chi connectivity index (χ0n) is 11.2. The maximum atomic E-state index is 6.04. The summed E-state index contributed by atoms with van der Waals surface area (Å²) in [5, 5.41) is 2.37. The molecular weight excluding hydrogens is 222 g/mol. The molecule has 18 heavy (non-hydrogen) atoms. The van der Waals surface area contributed by atoms with Gasteiger partial charge in [-0.1, -0.05) is 18.2 Å². The molecule has 4 N–H and O–H groups in total. The number of rotatable bonds is 4. The molecule has 0 atom stereocenters. The van der Waals surface area contributed by atoms with E-state index in [9.17, 15) is 0 Å². The summed E-state index contributed by atoms with van der Waals surface area (Å²) in [6, 6.07) is 12.4. The monoisotopic (exact) mass is 244 g/mol. The second-order valence-corrected chi connectivity index (χ2v) is 5.27. The lowest BCUT2D eigenvalue weighted by atomic mass is 10.1. The first-order valence-electron chi connectivity index (χ1n) is 6.37. The normalized spacial score (nSPS) is 11.9. The Hall–Kier alpha value is -1.58. The van der Waals surface area contributed by atoms with Gasteiger partial charge in [-0.25, -0.2) is 0 Å². The predicted octanol–water partition coefficient (Wildman–Crippen LogP) is 2.34. The average molecular weight is 244 g/mol. The molecular formula is C15H22N3+. The van der Waals surface area contributed by atoms with Gasteiger partial charge in [-0.3, -0.25) is 4.48 Å². The van der Waals surface area contributed by atoms with Crippen LogP contribution in [0.15, 0.2) is 36.4 Å². The topological polar surface area (TPSA) is 52.0 Å². The number of quaternary nitrogens is 1. The van der Waals surface area contributed by atoms with Gasteiger partial charge in [0.1, 0.15) is 5.69 Å². The van der Waals surface area contributed by atoms with Gasteiger partial charge < -0.3 is 11.5 Å². The summed E-state index contributed by atoms with van der Waals surface area (Å²) < 4.78 is 0.831. The lowest BCUT2D eigenvalue weighted by molar-refractivity contribution is 0.396. The maximum absolute atomic E-state index is 6.04. The smallest absolute Gasteiger partial charge is 0.140 e. The third-order valence-corrected chi connectivity index (χ3v) is 3.51. The van der Waals surface area contributed by atoms with Crippen LogP contribution in [0.4, 0.5) is 11.4 Å². The summed E-state index contributed by atoms with van der Waals surface area (Å²) >= 11 is 0. The molecule has 2 aromatic carbocycles. The second-order valence-electron chi connectivity index (χ2n) is 5.27. The van der Waals surface area contributed by atoms with Crippen molar-refractivity contribution in [3.05, 3.63) is 36.4 Å². The molecule has 0 unspecified atom stereocenters. The van der Waals surface area contributed by atoms with Crippen LogP contribution in [0.5, 0.6) is 0 Å². The average Bonchev–Trinajstić information content (AvgIpc) is 2.36. The van der Waals surface area contributed by atoms with Crippen LogP contribution < -0.4 is 16.0 Å². The molecule has 0 heterocycles. The first-order chi connectivity index (χ1) is 8.56. The van der Waals surface area contributed by atoms with E-state index in [-0.39, 0.29) is 0 Å². The molecule has 0 bridgehead atoms. The zero-order valence-corrected chi connectivity index (χ0v) is 11.2. The van der Waals surface area contributed by atoms with E-state index in [0.717, 1.165) is 35.1 Å². The number of fused-ring (bicyclic) bond motifs is 1. The van der Waals surface area contributed by atoms with Gasteiger partial charge in [0.25, 0.3) is 0 Å². The quantitative estimate of drug-likeness (QED) is 0.640. The van der Waals surface area contributed by atoms with E-state index < -0.39 is 0 Å². The maximum Gasteiger partial charge on any atom is 0.140 e. The van der Waals surface area contributed by atoms with Crippen LogP contribution in [0.25, 0.3) is 10.8 Å². The van der Waals surface area contributed by atoms with Crippen molar-refractivity contribution in [1.29, 1.82) is 0 Å². The van der Waals surface area contributed by atoms with Gasteiger partial charge in [0, 0.05) is 22.9 Å². The van der Waals surface area contributed by atoms with Crippen LogP contribution in [0.2, 0.25) is 0 Å². The highest BCUT2D eigenvalue weighted by molar-refractivity contribution is 6.00. The molecule has 3 heteroatoms. The number of nitrogen functional groups attached to an aromatic ring is 1. The van der Waals surface area contributed by atoms with Crippen LogP contribution in [-0.2, 0) is 0 Å². The van der Waals surface area contributed by atoms with E-state index >= 15 is 0 Å². The molecule has 0 saturated heterocycles. The first-order valence-corrected chi connectivity index (χ1v) is 6.37. The van der Waals surface area contributed by atoms with E-state index in [1.807, 2.05) is 12.1 Å². The van der Waals surface area contributed by atoms with Crippen molar-refractivity contribution in [1.82, 2.24) is 4.48 Å². The van der Waals surface area contributed by atoms with Gasteiger partial charge in [0.05, 0.1) is 20.6 Å². The van der Waals surface area contributed by atoms with E-state index in [4.69, 9.17) is 11.5 Å². The number of nitrogens with two attached hydrogens (primary N) is 2. The summed E-state index contributed by atoms with van der Waals surface area (Å²) in [5.74, 6) is 0. The Morgan fingerprint density at radius 3 is 2.39 bits per heavy atom. The second kappa shape index (κ2) is 4.96. The number of anilines is 1. The Bertz CT molecular complexity index is 546. The van der Waals surface area contributed by atoms with E-state index in [2.05, 4.69) is 38.4 Å². The molecule has 0 saturated carbocycles. The van der Waals surface area contributed by atoms with Gasteiger partial charge in [-0.15, -0.1) is 0 Å². The van der Waals surface area contributed by atoms with Crippen molar-refractivity contribution in [2.45, 2.75) is 6.42 Å². The molecule has 96 valence electrons. The first kappa shape index (κ1) is 12.9. The number of benzene rings is 2. The highest BCUT2D eigenvalue weighted by Crippen LogP contribution is 2.32. The highest BCUT2D eigenvalue weighted by Gasteiger charge is 2.21. The molecule has 0 spiro atoms. The lowest BCUT2D eigenvalue weighted by Crippen LogP contribution is -2.42. The molecule has 0 aliphatic rings. The molecule has 2 aromatic rings. The molecule has 0 aliphatic heterocycles. The van der Waals surface area contributed by atoms with E-state index in [1.54, 1.807) is 0 Å². The minimum Gasteiger partial charge on any atom is -0.398 e. The molecule has 0 aromatic heterocycles. The van der Waals surface area contributed by atoms with Gasteiger partial charge in [-0.2, -0.15) is 0 Å². The van der Waals surface area contributed by atoms with Crippen LogP contribution >= 0.6 is 0 Å². The van der Waals surface area contributed by atoms with Crippen LogP contribution in [-0.4, -0.2) is 27.2 Å². The van der Waals surface area contributed by atoms with E-state index in [1.165, 1.54) is 11.1 Å². The largest absolute Gasteiger partial charge is 0.398 e. The van der Waals surface area contributed by atoms with Crippen molar-refractivity contribution in [3.63, 3.8) is 0 Å². The van der Waals surface area contributed by atoms with Crippen molar-refractivity contribution < 1.29 is 0 Å². The Morgan fingerprint density at radius 2 is 1.67 bits per heavy atom. The lowest BCUT2D eigenvalue weighted by Gasteiger charge is -2.30. The summed E-state index contributed by atoms with van der Waals surface area (Å²) in [5.41, 5.74) is 13.8. The van der Waals surface area contributed by atoms with Crippen molar-refractivity contribution in [3.8, 4) is 0 Å². The fraction of sp³-hybridized carbons (Fsp3) is 0.333. The Labute approximate surface area is 109 Å². The molecule has 0 amide bonds. The number of hydrogen-bond donors (Lipinski definition) is 2. The van der Waals surface area contributed by atoms with Gasteiger partial charge >= 0.3 is 0 Å². The SMILES string of the molecule is C[N+](C)(CCCN)c1cccc2c(N)cccc12. The zero-order chi connectivity index (χ0) is 13.2. The number of nitrogens with zero attached hydrogens (tertiary/aromatic N) is 1. The minimum atomic E-state index is 0.731. The molecule has 0 fully saturated rings. The Balaban J connectivity index is 2.54.